The van der Waals surface area contributed by atoms with E-state index in [4.69, 9.17) is 21.2 Å². The Bertz CT molecular complexity index is 353. The van der Waals surface area contributed by atoms with E-state index in [0.717, 1.165) is 23.8 Å². The fourth-order valence-electron chi connectivity index (χ4n) is 1.46. The van der Waals surface area contributed by atoms with Gasteiger partial charge in [-0.15, -0.1) is 0 Å². The molecule has 0 amide bonds. The first-order valence-electron chi connectivity index (χ1n) is 5.46. The quantitative estimate of drug-likeness (QED) is 0.777. The Morgan fingerprint density at radius 3 is 2.88 bits per heavy atom. The maximum atomic E-state index is 6.01. The average molecular weight is 242 g/mol. The van der Waals surface area contributed by atoms with E-state index in [1.807, 2.05) is 18.2 Å². The van der Waals surface area contributed by atoms with Crippen molar-refractivity contribution in [2.24, 2.45) is 5.92 Å². The number of rotatable bonds is 6. The van der Waals surface area contributed by atoms with Crippen molar-refractivity contribution in [3.63, 3.8) is 0 Å². The lowest BCUT2D eigenvalue weighted by molar-refractivity contribution is 0.0866. The van der Waals surface area contributed by atoms with E-state index < -0.39 is 0 Å². The lowest BCUT2D eigenvalue weighted by Gasteiger charge is -2.08. The van der Waals surface area contributed by atoms with Crippen LogP contribution in [0.15, 0.2) is 18.2 Å². The first kappa shape index (κ1) is 11.7. The molecule has 1 aliphatic carbocycles. The molecule has 1 aromatic rings. The average Bonchev–Trinajstić information content (AvgIpc) is 3.07. The van der Waals surface area contributed by atoms with Gasteiger partial charge in [0.1, 0.15) is 5.75 Å². The zero-order chi connectivity index (χ0) is 11.4. The van der Waals surface area contributed by atoms with Gasteiger partial charge < -0.3 is 9.57 Å². The third kappa shape index (κ3) is 3.67. The van der Waals surface area contributed by atoms with Gasteiger partial charge in [0.25, 0.3) is 0 Å². The topological polar surface area (TPSA) is 30.5 Å². The standard InChI is InChI=1S/C12H16ClNO2/c1-15-14-7-10-4-11(13)6-12(5-10)16-8-9-2-3-9/h4-6,9,14H,2-3,7-8H2,1H3. The van der Waals surface area contributed by atoms with Gasteiger partial charge in [-0.3, -0.25) is 0 Å². The van der Waals surface area contributed by atoms with Crippen molar-refractivity contribution in [2.45, 2.75) is 19.4 Å². The van der Waals surface area contributed by atoms with Crippen LogP contribution in [-0.2, 0) is 11.4 Å². The van der Waals surface area contributed by atoms with Crippen LogP contribution in [0.4, 0.5) is 0 Å². The normalized spacial score (nSPS) is 15.1. The maximum absolute atomic E-state index is 6.01. The molecule has 88 valence electrons. The van der Waals surface area contributed by atoms with Crippen molar-refractivity contribution >= 4 is 11.6 Å². The van der Waals surface area contributed by atoms with E-state index in [2.05, 4.69) is 5.48 Å². The molecular weight excluding hydrogens is 226 g/mol. The number of benzene rings is 1. The molecule has 0 atom stereocenters. The van der Waals surface area contributed by atoms with Crippen molar-refractivity contribution in [2.75, 3.05) is 13.7 Å². The molecule has 0 saturated heterocycles. The summed E-state index contributed by atoms with van der Waals surface area (Å²) in [4.78, 5) is 4.80. The molecule has 0 aromatic heterocycles. The minimum absolute atomic E-state index is 0.622. The molecule has 1 fully saturated rings. The lowest BCUT2D eigenvalue weighted by atomic mass is 10.2. The second kappa shape index (κ2) is 5.53. The number of hydrogen-bond donors (Lipinski definition) is 1. The summed E-state index contributed by atoms with van der Waals surface area (Å²) in [5.74, 6) is 1.59. The second-order valence-electron chi connectivity index (χ2n) is 4.07. The van der Waals surface area contributed by atoms with Crippen LogP contribution in [-0.4, -0.2) is 13.7 Å². The van der Waals surface area contributed by atoms with Gasteiger partial charge in [-0.25, -0.2) is 0 Å². The molecule has 0 heterocycles. The van der Waals surface area contributed by atoms with Crippen molar-refractivity contribution < 1.29 is 9.57 Å². The van der Waals surface area contributed by atoms with E-state index in [1.165, 1.54) is 12.8 Å². The van der Waals surface area contributed by atoms with Crippen molar-refractivity contribution in [3.8, 4) is 5.75 Å². The maximum Gasteiger partial charge on any atom is 0.121 e. The second-order valence-corrected chi connectivity index (χ2v) is 4.51. The highest BCUT2D eigenvalue weighted by molar-refractivity contribution is 6.30. The van der Waals surface area contributed by atoms with Crippen LogP contribution >= 0.6 is 11.6 Å². The van der Waals surface area contributed by atoms with Crippen LogP contribution in [0, 0.1) is 5.92 Å². The van der Waals surface area contributed by atoms with Crippen LogP contribution in [0.25, 0.3) is 0 Å². The van der Waals surface area contributed by atoms with E-state index in [0.29, 0.717) is 11.6 Å². The van der Waals surface area contributed by atoms with Crippen molar-refractivity contribution in [1.82, 2.24) is 5.48 Å². The van der Waals surface area contributed by atoms with E-state index in [-0.39, 0.29) is 0 Å². The summed E-state index contributed by atoms with van der Waals surface area (Å²) in [7, 11) is 1.59. The summed E-state index contributed by atoms with van der Waals surface area (Å²) in [5.41, 5.74) is 3.84. The van der Waals surface area contributed by atoms with Gasteiger partial charge in [-0.2, -0.15) is 5.48 Å². The zero-order valence-corrected chi connectivity index (χ0v) is 10.1. The first-order valence-corrected chi connectivity index (χ1v) is 5.84. The van der Waals surface area contributed by atoms with Crippen LogP contribution in [0.5, 0.6) is 5.75 Å². The van der Waals surface area contributed by atoms with Crippen LogP contribution in [0.1, 0.15) is 18.4 Å². The molecule has 0 bridgehead atoms. The molecule has 0 radical (unpaired) electrons. The third-order valence-electron chi connectivity index (χ3n) is 2.53. The number of ether oxygens (including phenoxy) is 1. The smallest absolute Gasteiger partial charge is 0.121 e. The van der Waals surface area contributed by atoms with Gasteiger partial charge in [-0.05, 0) is 42.5 Å². The molecule has 1 aromatic carbocycles. The molecule has 16 heavy (non-hydrogen) atoms. The van der Waals surface area contributed by atoms with Gasteiger partial charge in [0.15, 0.2) is 0 Å². The number of hydroxylamine groups is 1. The molecule has 0 aliphatic heterocycles. The summed E-state index contributed by atoms with van der Waals surface area (Å²) >= 11 is 6.01. The minimum Gasteiger partial charge on any atom is -0.493 e. The molecule has 1 aliphatic rings. The van der Waals surface area contributed by atoms with Gasteiger partial charge in [0, 0.05) is 11.6 Å². The molecule has 2 rings (SSSR count). The summed E-state index contributed by atoms with van der Waals surface area (Å²) in [6.07, 6.45) is 2.58. The van der Waals surface area contributed by atoms with Gasteiger partial charge in [-0.1, -0.05) is 11.6 Å². The minimum atomic E-state index is 0.622. The largest absolute Gasteiger partial charge is 0.493 e. The van der Waals surface area contributed by atoms with Gasteiger partial charge >= 0.3 is 0 Å². The van der Waals surface area contributed by atoms with Crippen molar-refractivity contribution in [1.29, 1.82) is 0 Å². The Hall–Kier alpha value is -0.770. The molecule has 3 nitrogen and oxygen atoms in total. The highest BCUT2D eigenvalue weighted by Crippen LogP contribution is 2.30. The van der Waals surface area contributed by atoms with E-state index in [9.17, 15) is 0 Å². The Balaban J connectivity index is 1.96. The SMILES string of the molecule is CONCc1cc(Cl)cc(OCC2CC2)c1. The Morgan fingerprint density at radius 1 is 1.38 bits per heavy atom. The molecule has 0 unspecified atom stereocenters. The van der Waals surface area contributed by atoms with Crippen LogP contribution < -0.4 is 10.2 Å². The van der Waals surface area contributed by atoms with Gasteiger partial charge in [0.2, 0.25) is 0 Å². The summed E-state index contributed by atoms with van der Waals surface area (Å²) in [6, 6.07) is 5.73. The molecule has 4 heteroatoms. The fraction of sp³-hybridized carbons (Fsp3) is 0.500. The van der Waals surface area contributed by atoms with Crippen molar-refractivity contribution in [3.05, 3.63) is 28.8 Å². The molecule has 0 spiro atoms. The Labute approximate surface area is 101 Å². The summed E-state index contributed by atoms with van der Waals surface area (Å²) in [6.45, 7) is 1.42. The fourth-order valence-corrected chi connectivity index (χ4v) is 1.71. The number of hydrogen-bond acceptors (Lipinski definition) is 3. The van der Waals surface area contributed by atoms with Crippen LogP contribution in [0.2, 0.25) is 5.02 Å². The predicted octanol–water partition coefficient (Wildman–Crippen LogP) is 2.78. The molecule has 1 saturated carbocycles. The Morgan fingerprint density at radius 2 is 2.19 bits per heavy atom. The monoisotopic (exact) mass is 241 g/mol. The van der Waals surface area contributed by atoms with Crippen LogP contribution in [0.3, 0.4) is 0 Å². The number of halogens is 1. The molecular formula is C12H16ClNO2. The molecule has 1 N–H and O–H groups in total. The summed E-state index contributed by atoms with van der Waals surface area (Å²) < 4.78 is 5.68. The predicted molar refractivity (Wildman–Crippen MR) is 63.5 cm³/mol. The van der Waals surface area contributed by atoms with E-state index in [1.54, 1.807) is 7.11 Å². The zero-order valence-electron chi connectivity index (χ0n) is 9.33. The first-order chi connectivity index (χ1) is 7.78. The van der Waals surface area contributed by atoms with Gasteiger partial charge in [0.05, 0.1) is 13.7 Å². The Kier molecular flexibility index (Phi) is 4.04. The van der Waals surface area contributed by atoms with E-state index >= 15 is 0 Å². The third-order valence-corrected chi connectivity index (χ3v) is 2.75. The number of nitrogens with one attached hydrogen (secondary N) is 1. The highest BCUT2D eigenvalue weighted by atomic mass is 35.5. The highest BCUT2D eigenvalue weighted by Gasteiger charge is 2.21. The summed E-state index contributed by atoms with van der Waals surface area (Å²) in [5, 5.41) is 0.696. The lowest BCUT2D eigenvalue weighted by Crippen LogP contribution is -2.10.